The molecule has 0 amide bonds. The molecule has 1 aliphatic carbocycles. The molecule has 1 aromatic rings. The second-order valence-corrected chi connectivity index (χ2v) is 4.70. The minimum Gasteiger partial charge on any atom is -0.494 e. The Labute approximate surface area is 115 Å². The van der Waals surface area contributed by atoms with Gasteiger partial charge in [-0.25, -0.2) is 4.79 Å². The average Bonchev–Trinajstić information content (AvgIpc) is 3.20. The third kappa shape index (κ3) is 3.37. The van der Waals surface area contributed by atoms with Crippen molar-refractivity contribution >= 4 is 17.3 Å². The fourth-order valence-electron chi connectivity index (χ4n) is 2.01. The summed E-state index contributed by atoms with van der Waals surface area (Å²) < 4.78 is 5.26. The molecule has 0 bridgehead atoms. The Kier molecular flexibility index (Phi) is 4.07. The van der Waals surface area contributed by atoms with Gasteiger partial charge in [0.25, 0.3) is 5.69 Å². The molecule has 1 aliphatic rings. The molecule has 0 radical (unpaired) electrons. The van der Waals surface area contributed by atoms with Gasteiger partial charge in [0, 0.05) is 17.8 Å². The molecule has 2 rings (SSSR count). The van der Waals surface area contributed by atoms with Crippen LogP contribution >= 0.6 is 0 Å². The molecule has 0 aliphatic heterocycles. The summed E-state index contributed by atoms with van der Waals surface area (Å²) in [5.41, 5.74) is 0.264. The molecule has 1 aromatic carbocycles. The van der Waals surface area contributed by atoms with Crippen molar-refractivity contribution < 1.29 is 19.6 Å². The quantitative estimate of drug-likeness (QED) is 0.586. The number of carboxylic acids is 1. The normalized spacial score (nSPS) is 15.4. The predicted molar refractivity (Wildman–Crippen MR) is 72.0 cm³/mol. The number of hydrogen-bond donors (Lipinski definition) is 2. The summed E-state index contributed by atoms with van der Waals surface area (Å²) in [6, 6.07) is 3.50. The molecular weight excluding hydrogens is 264 g/mol. The molecule has 0 aromatic heterocycles. The number of benzene rings is 1. The van der Waals surface area contributed by atoms with Gasteiger partial charge in [0.1, 0.15) is 11.8 Å². The van der Waals surface area contributed by atoms with Crippen molar-refractivity contribution in [2.75, 3.05) is 11.9 Å². The van der Waals surface area contributed by atoms with Crippen LogP contribution in [0.5, 0.6) is 5.75 Å². The summed E-state index contributed by atoms with van der Waals surface area (Å²) in [4.78, 5) is 21.5. The highest BCUT2D eigenvalue weighted by molar-refractivity contribution is 5.78. The monoisotopic (exact) mass is 280 g/mol. The first kappa shape index (κ1) is 14.1. The molecule has 20 heavy (non-hydrogen) atoms. The molecule has 108 valence electrons. The highest BCUT2D eigenvalue weighted by atomic mass is 16.6. The lowest BCUT2D eigenvalue weighted by atomic mass is 10.1. The first-order valence-corrected chi connectivity index (χ1v) is 6.43. The van der Waals surface area contributed by atoms with Crippen molar-refractivity contribution in [3.05, 3.63) is 28.3 Å². The van der Waals surface area contributed by atoms with Crippen molar-refractivity contribution in [2.24, 2.45) is 5.92 Å². The Morgan fingerprint density at radius 3 is 2.75 bits per heavy atom. The van der Waals surface area contributed by atoms with E-state index in [4.69, 9.17) is 9.84 Å². The van der Waals surface area contributed by atoms with E-state index in [2.05, 4.69) is 5.32 Å². The van der Waals surface area contributed by atoms with Crippen LogP contribution < -0.4 is 10.1 Å². The van der Waals surface area contributed by atoms with E-state index in [0.29, 0.717) is 18.0 Å². The number of nitrogens with one attached hydrogen (secondary N) is 1. The number of anilines is 1. The second-order valence-electron chi connectivity index (χ2n) is 4.70. The number of carboxylic acid groups (broad SMARTS) is 1. The van der Waals surface area contributed by atoms with Gasteiger partial charge in [-0.2, -0.15) is 0 Å². The van der Waals surface area contributed by atoms with Crippen molar-refractivity contribution in [2.45, 2.75) is 25.8 Å². The molecule has 1 fully saturated rings. The van der Waals surface area contributed by atoms with Crippen molar-refractivity contribution in [1.29, 1.82) is 0 Å². The zero-order valence-electron chi connectivity index (χ0n) is 11.0. The number of aliphatic carboxylic acids is 1. The Morgan fingerprint density at radius 2 is 2.25 bits per heavy atom. The van der Waals surface area contributed by atoms with E-state index in [9.17, 15) is 14.9 Å². The maximum atomic E-state index is 11.2. The number of carbonyl (C=O) groups is 1. The fourth-order valence-corrected chi connectivity index (χ4v) is 2.01. The smallest absolute Gasteiger partial charge is 0.326 e. The number of nitro benzene ring substituents is 1. The minimum atomic E-state index is -0.947. The van der Waals surface area contributed by atoms with Crippen LogP contribution in [0, 0.1) is 16.0 Å². The maximum Gasteiger partial charge on any atom is 0.326 e. The van der Waals surface area contributed by atoms with Crippen LogP contribution in [0.3, 0.4) is 0 Å². The summed E-state index contributed by atoms with van der Waals surface area (Å²) >= 11 is 0. The van der Waals surface area contributed by atoms with Crippen LogP contribution in [-0.4, -0.2) is 28.6 Å². The summed E-state index contributed by atoms with van der Waals surface area (Å²) in [6.07, 6.45) is 1.72. The first-order valence-electron chi connectivity index (χ1n) is 6.43. The predicted octanol–water partition coefficient (Wildman–Crippen LogP) is 2.27. The van der Waals surface area contributed by atoms with Gasteiger partial charge < -0.3 is 15.2 Å². The summed E-state index contributed by atoms with van der Waals surface area (Å²) in [5, 5.41) is 22.9. The summed E-state index contributed by atoms with van der Waals surface area (Å²) in [7, 11) is 0. The SMILES string of the molecule is CCOc1cc(NC(C(=O)O)C2CC2)cc([N+](=O)[O-])c1. The fraction of sp³-hybridized carbons (Fsp3) is 0.462. The van der Waals surface area contributed by atoms with Gasteiger partial charge >= 0.3 is 5.97 Å². The Balaban J connectivity index is 2.24. The van der Waals surface area contributed by atoms with E-state index in [1.165, 1.54) is 12.1 Å². The highest BCUT2D eigenvalue weighted by Gasteiger charge is 2.36. The van der Waals surface area contributed by atoms with Crippen LogP contribution in [0.15, 0.2) is 18.2 Å². The third-order valence-electron chi connectivity index (χ3n) is 3.09. The lowest BCUT2D eigenvalue weighted by molar-refractivity contribution is -0.384. The average molecular weight is 280 g/mol. The third-order valence-corrected chi connectivity index (χ3v) is 3.09. The van der Waals surface area contributed by atoms with Gasteiger partial charge in [-0.05, 0) is 25.7 Å². The van der Waals surface area contributed by atoms with E-state index in [1.54, 1.807) is 13.0 Å². The number of non-ortho nitro benzene ring substituents is 1. The van der Waals surface area contributed by atoms with E-state index in [-0.39, 0.29) is 11.6 Å². The van der Waals surface area contributed by atoms with Crippen molar-refractivity contribution in [3.8, 4) is 5.75 Å². The molecule has 1 atom stereocenters. The van der Waals surface area contributed by atoms with Gasteiger partial charge in [-0.1, -0.05) is 0 Å². The minimum absolute atomic E-state index is 0.0855. The topological polar surface area (TPSA) is 102 Å². The van der Waals surface area contributed by atoms with E-state index in [1.807, 2.05) is 0 Å². The number of rotatable bonds is 7. The van der Waals surface area contributed by atoms with Gasteiger partial charge in [0.2, 0.25) is 0 Å². The number of nitro groups is 1. The highest BCUT2D eigenvalue weighted by Crippen LogP contribution is 2.35. The molecule has 1 unspecified atom stereocenters. The molecule has 0 spiro atoms. The zero-order valence-corrected chi connectivity index (χ0v) is 11.0. The Morgan fingerprint density at radius 1 is 1.55 bits per heavy atom. The van der Waals surface area contributed by atoms with Crippen LogP contribution in [0.4, 0.5) is 11.4 Å². The zero-order chi connectivity index (χ0) is 14.7. The van der Waals surface area contributed by atoms with E-state index < -0.39 is 16.9 Å². The van der Waals surface area contributed by atoms with Crippen molar-refractivity contribution in [3.63, 3.8) is 0 Å². The molecule has 1 saturated carbocycles. The lowest BCUT2D eigenvalue weighted by Crippen LogP contribution is -2.31. The second kappa shape index (κ2) is 5.77. The van der Waals surface area contributed by atoms with Gasteiger partial charge in [-0.15, -0.1) is 0 Å². The first-order chi connectivity index (χ1) is 9.51. The standard InChI is InChI=1S/C13H16N2O5/c1-2-20-11-6-9(5-10(7-11)15(18)19)14-12(13(16)17)8-3-4-8/h5-8,12,14H,2-4H2,1H3,(H,16,17). The number of ether oxygens (including phenoxy) is 1. The van der Waals surface area contributed by atoms with Crippen LogP contribution in [0.2, 0.25) is 0 Å². The molecule has 0 saturated heterocycles. The Bertz CT molecular complexity index is 527. The lowest BCUT2D eigenvalue weighted by Gasteiger charge is -2.15. The van der Waals surface area contributed by atoms with Gasteiger partial charge in [-0.3, -0.25) is 10.1 Å². The van der Waals surface area contributed by atoms with Gasteiger partial charge in [0.05, 0.1) is 17.6 Å². The van der Waals surface area contributed by atoms with E-state index >= 15 is 0 Å². The van der Waals surface area contributed by atoms with Gasteiger partial charge in [0.15, 0.2) is 0 Å². The van der Waals surface area contributed by atoms with Crippen LogP contribution in [-0.2, 0) is 4.79 Å². The number of nitrogens with zero attached hydrogens (tertiary/aromatic N) is 1. The van der Waals surface area contributed by atoms with Crippen LogP contribution in [0.1, 0.15) is 19.8 Å². The summed E-state index contributed by atoms with van der Waals surface area (Å²) in [5.74, 6) is -0.511. The molecule has 0 heterocycles. The molecule has 2 N–H and O–H groups in total. The van der Waals surface area contributed by atoms with E-state index in [0.717, 1.165) is 12.8 Å². The molecule has 7 heteroatoms. The van der Waals surface area contributed by atoms with Crippen LogP contribution in [0.25, 0.3) is 0 Å². The van der Waals surface area contributed by atoms with Crippen molar-refractivity contribution in [1.82, 2.24) is 0 Å². The Hall–Kier alpha value is -2.31. The number of hydrogen-bond acceptors (Lipinski definition) is 5. The summed E-state index contributed by atoms with van der Waals surface area (Å²) in [6.45, 7) is 2.15. The molecular formula is C13H16N2O5. The maximum absolute atomic E-state index is 11.2. The molecule has 7 nitrogen and oxygen atoms in total. The largest absolute Gasteiger partial charge is 0.494 e.